The highest BCUT2D eigenvalue weighted by molar-refractivity contribution is 7.21. The number of hydrogen-bond acceptors (Lipinski definition) is 6. The minimum atomic E-state index is -0.626. The molecule has 5 nitrogen and oxygen atoms in total. The Morgan fingerprint density at radius 3 is 2.11 bits per heavy atom. The van der Waals surface area contributed by atoms with Crippen LogP contribution in [-0.2, 0) is 4.74 Å². The maximum Gasteiger partial charge on any atom is 0.350 e. The van der Waals surface area contributed by atoms with Gasteiger partial charge in [-0.1, -0.05) is 84.9 Å². The van der Waals surface area contributed by atoms with E-state index in [1.165, 1.54) is 11.3 Å². The molecule has 3 aromatic carbocycles. The number of aromatic nitrogens is 1. The predicted molar refractivity (Wildman–Crippen MR) is 141 cm³/mol. The van der Waals surface area contributed by atoms with E-state index in [1.807, 2.05) is 85.8 Å². The summed E-state index contributed by atoms with van der Waals surface area (Å²) in [4.78, 5) is 31.0. The summed E-state index contributed by atoms with van der Waals surface area (Å²) < 4.78 is 5.33. The van der Waals surface area contributed by atoms with Crippen molar-refractivity contribution < 1.29 is 14.3 Å². The van der Waals surface area contributed by atoms with Crippen LogP contribution in [0.4, 0.5) is 5.69 Å². The smallest absolute Gasteiger partial charge is 0.350 e. The Kier molecular flexibility index (Phi) is 6.12. The third-order valence-electron chi connectivity index (χ3n) is 5.79. The Labute approximate surface area is 206 Å². The number of esters is 1. The van der Waals surface area contributed by atoms with Crippen LogP contribution in [0.2, 0.25) is 0 Å². The number of rotatable bonds is 6. The first-order valence-electron chi connectivity index (χ1n) is 11.1. The Balaban J connectivity index is 1.31. The summed E-state index contributed by atoms with van der Waals surface area (Å²) in [6, 6.07) is 28.9. The molecule has 6 heteroatoms. The molecule has 0 amide bonds. The van der Waals surface area contributed by atoms with Crippen LogP contribution >= 0.6 is 11.3 Å². The topological polar surface area (TPSA) is 82.3 Å². The number of Topliss-reactive ketones (excluding diaryl/α,β-unsaturated/α-hetero) is 1. The van der Waals surface area contributed by atoms with Gasteiger partial charge in [0.1, 0.15) is 9.71 Å². The van der Waals surface area contributed by atoms with Crippen molar-refractivity contribution in [3.63, 3.8) is 0 Å². The number of thiophene rings is 1. The van der Waals surface area contributed by atoms with Gasteiger partial charge in [-0.05, 0) is 29.7 Å². The fraction of sp³-hybridized carbons (Fsp3) is 0.0690. The van der Waals surface area contributed by atoms with Crippen LogP contribution < -0.4 is 5.73 Å². The number of anilines is 1. The van der Waals surface area contributed by atoms with E-state index in [4.69, 9.17) is 15.5 Å². The molecule has 0 atom stereocenters. The summed E-state index contributed by atoms with van der Waals surface area (Å²) in [7, 11) is 0. The molecule has 2 aromatic heterocycles. The van der Waals surface area contributed by atoms with E-state index in [0.717, 1.165) is 27.9 Å². The average Bonchev–Trinajstić information content (AvgIpc) is 3.23. The molecule has 0 aliphatic carbocycles. The number of carbonyl (C=O) groups is 2. The highest BCUT2D eigenvalue weighted by atomic mass is 32.1. The minimum absolute atomic E-state index is 0.254. The SMILES string of the molecule is Cc1cc2c(N)c(C(=O)OCC(=O)c3ccc(-c4ccccc4)cc3)sc2nc1-c1ccccc1. The molecule has 2 heterocycles. The number of carbonyl (C=O) groups excluding carboxylic acids is 2. The Morgan fingerprint density at radius 1 is 0.857 bits per heavy atom. The Morgan fingerprint density at radius 2 is 1.46 bits per heavy atom. The third kappa shape index (κ3) is 4.56. The summed E-state index contributed by atoms with van der Waals surface area (Å²) in [6.45, 7) is 1.60. The van der Waals surface area contributed by atoms with Crippen LogP contribution in [0, 0.1) is 6.92 Å². The van der Waals surface area contributed by atoms with E-state index >= 15 is 0 Å². The molecule has 0 saturated heterocycles. The normalized spacial score (nSPS) is 10.9. The highest BCUT2D eigenvalue weighted by Gasteiger charge is 2.21. The van der Waals surface area contributed by atoms with Crippen molar-refractivity contribution in [3.05, 3.63) is 107 Å². The van der Waals surface area contributed by atoms with E-state index < -0.39 is 5.97 Å². The Hall–Kier alpha value is -4.29. The second kappa shape index (κ2) is 9.52. The molecule has 35 heavy (non-hydrogen) atoms. The van der Waals surface area contributed by atoms with Crippen LogP contribution in [0.1, 0.15) is 25.6 Å². The molecule has 5 aromatic rings. The minimum Gasteiger partial charge on any atom is -0.453 e. The molecular weight excluding hydrogens is 456 g/mol. The number of nitrogen functional groups attached to an aromatic ring is 1. The lowest BCUT2D eigenvalue weighted by Gasteiger charge is -2.06. The molecule has 0 fully saturated rings. The number of benzene rings is 3. The van der Waals surface area contributed by atoms with Crippen molar-refractivity contribution in [1.82, 2.24) is 4.98 Å². The number of hydrogen-bond donors (Lipinski definition) is 1. The zero-order valence-electron chi connectivity index (χ0n) is 19.0. The second-order valence-corrected chi connectivity index (χ2v) is 9.16. The van der Waals surface area contributed by atoms with Crippen molar-refractivity contribution in [2.45, 2.75) is 6.92 Å². The van der Waals surface area contributed by atoms with Gasteiger partial charge in [0.2, 0.25) is 0 Å². The first kappa shape index (κ1) is 22.5. The average molecular weight is 479 g/mol. The largest absolute Gasteiger partial charge is 0.453 e. The van der Waals surface area contributed by atoms with E-state index in [2.05, 4.69) is 0 Å². The van der Waals surface area contributed by atoms with Crippen LogP contribution in [0.25, 0.3) is 32.6 Å². The van der Waals surface area contributed by atoms with Crippen molar-refractivity contribution in [2.75, 3.05) is 12.3 Å². The van der Waals surface area contributed by atoms with Gasteiger partial charge in [0, 0.05) is 16.5 Å². The van der Waals surface area contributed by atoms with Gasteiger partial charge in [0.25, 0.3) is 0 Å². The zero-order valence-corrected chi connectivity index (χ0v) is 19.8. The molecular formula is C29H22N2O3S. The van der Waals surface area contributed by atoms with Gasteiger partial charge >= 0.3 is 5.97 Å². The molecule has 0 spiro atoms. The molecule has 0 aliphatic rings. The van der Waals surface area contributed by atoms with Gasteiger partial charge in [-0.3, -0.25) is 4.79 Å². The molecule has 172 valence electrons. The number of nitrogens with zero attached hydrogens (tertiary/aromatic N) is 1. The van der Waals surface area contributed by atoms with Gasteiger partial charge in [0.15, 0.2) is 12.4 Å². The molecule has 0 radical (unpaired) electrons. The summed E-state index contributed by atoms with van der Waals surface area (Å²) in [5.74, 6) is -0.906. The van der Waals surface area contributed by atoms with Gasteiger partial charge in [-0.2, -0.15) is 0 Å². The fourth-order valence-electron chi connectivity index (χ4n) is 3.94. The van der Waals surface area contributed by atoms with Crippen molar-refractivity contribution in [2.24, 2.45) is 0 Å². The monoisotopic (exact) mass is 478 g/mol. The lowest BCUT2D eigenvalue weighted by Crippen LogP contribution is -2.14. The van der Waals surface area contributed by atoms with Gasteiger partial charge in [-0.25, -0.2) is 9.78 Å². The standard InChI is InChI=1S/C29H22N2O3S/c1-18-16-23-25(30)27(35-28(23)31-26(18)22-10-6-3-7-11-22)29(33)34-17-24(32)21-14-12-20(13-15-21)19-8-4-2-5-9-19/h2-16H,17,30H2,1H3. The van der Waals surface area contributed by atoms with Crippen molar-refractivity contribution in [1.29, 1.82) is 0 Å². The zero-order chi connectivity index (χ0) is 24.4. The maximum atomic E-state index is 12.8. The van der Waals surface area contributed by atoms with Crippen LogP contribution in [-0.4, -0.2) is 23.3 Å². The number of nitrogens with two attached hydrogens (primary N) is 1. The first-order chi connectivity index (χ1) is 17.0. The predicted octanol–water partition coefficient (Wildman–Crippen LogP) is 6.56. The molecule has 0 saturated carbocycles. The second-order valence-electron chi connectivity index (χ2n) is 8.16. The molecule has 0 bridgehead atoms. The van der Waals surface area contributed by atoms with Crippen LogP contribution in [0.5, 0.6) is 0 Å². The molecule has 0 unspecified atom stereocenters. The van der Waals surface area contributed by atoms with Crippen molar-refractivity contribution >= 4 is 39.0 Å². The first-order valence-corrected chi connectivity index (χ1v) is 11.9. The lowest BCUT2D eigenvalue weighted by molar-refractivity contribution is 0.0480. The number of ether oxygens (including phenoxy) is 1. The number of pyridine rings is 1. The van der Waals surface area contributed by atoms with Gasteiger partial charge in [-0.15, -0.1) is 11.3 Å². The molecule has 5 rings (SSSR count). The van der Waals surface area contributed by atoms with Gasteiger partial charge in [0.05, 0.1) is 11.4 Å². The summed E-state index contributed by atoms with van der Waals surface area (Å²) in [5.41, 5.74) is 11.9. The van der Waals surface area contributed by atoms with Crippen LogP contribution in [0.3, 0.4) is 0 Å². The maximum absolute atomic E-state index is 12.8. The Bertz CT molecular complexity index is 1530. The third-order valence-corrected chi connectivity index (χ3v) is 6.89. The van der Waals surface area contributed by atoms with Crippen molar-refractivity contribution in [3.8, 4) is 22.4 Å². The molecule has 2 N–H and O–H groups in total. The number of aryl methyl sites for hydroxylation is 1. The highest BCUT2D eigenvalue weighted by Crippen LogP contribution is 2.36. The van der Waals surface area contributed by atoms with E-state index in [1.54, 1.807) is 12.1 Å². The van der Waals surface area contributed by atoms with E-state index in [-0.39, 0.29) is 17.3 Å². The number of ketones is 1. The summed E-state index contributed by atoms with van der Waals surface area (Å²) in [5, 5.41) is 0.710. The van der Waals surface area contributed by atoms with Gasteiger partial charge < -0.3 is 10.5 Å². The quantitative estimate of drug-likeness (QED) is 0.221. The number of fused-ring (bicyclic) bond motifs is 1. The van der Waals surface area contributed by atoms with E-state index in [0.29, 0.717) is 21.5 Å². The summed E-state index contributed by atoms with van der Waals surface area (Å²) >= 11 is 1.17. The molecule has 0 aliphatic heterocycles. The van der Waals surface area contributed by atoms with E-state index in [9.17, 15) is 9.59 Å². The fourth-order valence-corrected chi connectivity index (χ4v) is 4.91. The van der Waals surface area contributed by atoms with Crippen LogP contribution in [0.15, 0.2) is 91.0 Å². The summed E-state index contributed by atoms with van der Waals surface area (Å²) in [6.07, 6.45) is 0. The lowest BCUT2D eigenvalue weighted by atomic mass is 10.0.